The quantitative estimate of drug-likeness (QED) is 0.801. The number of amides is 1. The van der Waals surface area contributed by atoms with Crippen molar-refractivity contribution in [1.29, 1.82) is 0 Å². The summed E-state index contributed by atoms with van der Waals surface area (Å²) < 4.78 is 0. The minimum absolute atomic E-state index is 0.169. The highest BCUT2D eigenvalue weighted by Crippen LogP contribution is 2.20. The van der Waals surface area contributed by atoms with Gasteiger partial charge in [0.2, 0.25) is 5.91 Å². The smallest absolute Gasteiger partial charge is 0.220 e. The van der Waals surface area contributed by atoms with Gasteiger partial charge in [-0.1, -0.05) is 18.2 Å². The second-order valence-corrected chi connectivity index (χ2v) is 5.72. The van der Waals surface area contributed by atoms with Crippen molar-refractivity contribution in [3.63, 3.8) is 0 Å². The Morgan fingerprint density at radius 3 is 2.95 bits per heavy atom. The van der Waals surface area contributed by atoms with Crippen LogP contribution < -0.4 is 10.6 Å². The molecule has 2 aromatic rings. The summed E-state index contributed by atoms with van der Waals surface area (Å²) in [7, 11) is 0. The van der Waals surface area contributed by atoms with Crippen molar-refractivity contribution in [2.45, 2.75) is 38.6 Å². The zero-order chi connectivity index (χ0) is 14.7. The standard InChI is InChI=1S/C17H21N3O/c1-12-11-13-5-2-3-6-15(13)20-17(12)18-10-4-7-16(21)19-14-8-9-14/h2-3,5-6,11,14H,4,7-10H2,1H3,(H,18,20)(H,19,21). The Morgan fingerprint density at radius 1 is 1.33 bits per heavy atom. The molecular formula is C17H21N3O. The SMILES string of the molecule is Cc1cc2ccccc2nc1NCCCC(=O)NC1CC1. The Hall–Kier alpha value is -2.10. The molecule has 0 saturated heterocycles. The number of aromatic nitrogens is 1. The van der Waals surface area contributed by atoms with Crippen LogP contribution in [0.5, 0.6) is 0 Å². The molecule has 3 rings (SSSR count). The molecule has 1 heterocycles. The fraction of sp³-hybridized carbons (Fsp3) is 0.412. The molecule has 0 spiro atoms. The lowest BCUT2D eigenvalue weighted by Gasteiger charge is -2.10. The summed E-state index contributed by atoms with van der Waals surface area (Å²) in [5, 5.41) is 7.50. The molecule has 0 radical (unpaired) electrons. The minimum Gasteiger partial charge on any atom is -0.370 e. The van der Waals surface area contributed by atoms with Crippen LogP contribution in [-0.4, -0.2) is 23.5 Å². The third kappa shape index (κ3) is 3.72. The highest BCUT2D eigenvalue weighted by atomic mass is 16.1. The molecule has 0 aliphatic heterocycles. The summed E-state index contributed by atoms with van der Waals surface area (Å²) in [6, 6.07) is 10.7. The van der Waals surface area contributed by atoms with Crippen molar-refractivity contribution in [2.75, 3.05) is 11.9 Å². The number of fused-ring (bicyclic) bond motifs is 1. The average molecular weight is 283 g/mol. The lowest BCUT2D eigenvalue weighted by Crippen LogP contribution is -2.25. The largest absolute Gasteiger partial charge is 0.370 e. The van der Waals surface area contributed by atoms with Crippen LogP contribution >= 0.6 is 0 Å². The van der Waals surface area contributed by atoms with E-state index in [9.17, 15) is 4.79 Å². The van der Waals surface area contributed by atoms with Gasteiger partial charge in [0, 0.05) is 24.4 Å². The Labute approximate surface area is 125 Å². The number of rotatable bonds is 6. The number of hydrogen-bond acceptors (Lipinski definition) is 3. The van der Waals surface area contributed by atoms with Crippen LogP contribution in [-0.2, 0) is 4.79 Å². The maximum Gasteiger partial charge on any atom is 0.220 e. The molecule has 1 aromatic heterocycles. The number of pyridine rings is 1. The van der Waals surface area contributed by atoms with Gasteiger partial charge in [0.1, 0.15) is 5.82 Å². The van der Waals surface area contributed by atoms with Crippen LogP contribution in [0.15, 0.2) is 30.3 Å². The van der Waals surface area contributed by atoms with Gasteiger partial charge in [-0.25, -0.2) is 4.98 Å². The van der Waals surface area contributed by atoms with Crippen LogP contribution in [0.2, 0.25) is 0 Å². The van der Waals surface area contributed by atoms with Crippen LogP contribution in [0, 0.1) is 6.92 Å². The number of carbonyl (C=O) groups excluding carboxylic acids is 1. The van der Waals surface area contributed by atoms with Gasteiger partial charge in [0.25, 0.3) is 0 Å². The first kappa shape index (κ1) is 13.9. The van der Waals surface area contributed by atoms with Gasteiger partial charge in [-0.15, -0.1) is 0 Å². The number of anilines is 1. The monoisotopic (exact) mass is 283 g/mol. The second kappa shape index (κ2) is 6.12. The molecule has 1 fully saturated rings. The molecule has 0 bridgehead atoms. The van der Waals surface area contributed by atoms with Crippen molar-refractivity contribution in [3.8, 4) is 0 Å². The zero-order valence-electron chi connectivity index (χ0n) is 12.4. The molecule has 1 aromatic carbocycles. The van der Waals surface area contributed by atoms with Gasteiger partial charge in [-0.05, 0) is 43.9 Å². The van der Waals surface area contributed by atoms with Gasteiger partial charge < -0.3 is 10.6 Å². The van der Waals surface area contributed by atoms with Crippen LogP contribution in [0.25, 0.3) is 10.9 Å². The van der Waals surface area contributed by atoms with Crippen LogP contribution in [0.4, 0.5) is 5.82 Å². The molecule has 110 valence electrons. The van der Waals surface area contributed by atoms with Gasteiger partial charge in [0.05, 0.1) is 5.52 Å². The van der Waals surface area contributed by atoms with Crippen molar-refractivity contribution < 1.29 is 4.79 Å². The molecule has 4 nitrogen and oxygen atoms in total. The Bertz CT molecular complexity index is 650. The fourth-order valence-corrected chi connectivity index (χ4v) is 2.38. The van der Waals surface area contributed by atoms with Crippen molar-refractivity contribution >= 4 is 22.6 Å². The molecule has 1 amide bonds. The molecule has 1 aliphatic carbocycles. The van der Waals surface area contributed by atoms with Crippen molar-refractivity contribution in [1.82, 2.24) is 10.3 Å². The Kier molecular flexibility index (Phi) is 4.04. The van der Waals surface area contributed by atoms with Crippen LogP contribution in [0.3, 0.4) is 0 Å². The summed E-state index contributed by atoms with van der Waals surface area (Å²) in [5.41, 5.74) is 2.13. The lowest BCUT2D eigenvalue weighted by molar-refractivity contribution is -0.121. The summed E-state index contributed by atoms with van der Waals surface area (Å²) in [4.78, 5) is 16.2. The van der Waals surface area contributed by atoms with E-state index in [-0.39, 0.29) is 5.91 Å². The van der Waals surface area contributed by atoms with Gasteiger partial charge in [-0.3, -0.25) is 4.79 Å². The van der Waals surface area contributed by atoms with E-state index in [1.165, 1.54) is 0 Å². The highest BCUT2D eigenvalue weighted by Gasteiger charge is 2.22. The maximum absolute atomic E-state index is 11.6. The number of carbonyl (C=O) groups is 1. The predicted molar refractivity (Wildman–Crippen MR) is 85.4 cm³/mol. The average Bonchev–Trinajstić information content (AvgIpc) is 3.27. The molecule has 21 heavy (non-hydrogen) atoms. The summed E-state index contributed by atoms with van der Waals surface area (Å²) in [5.74, 6) is 1.08. The van der Waals surface area contributed by atoms with Gasteiger partial charge >= 0.3 is 0 Å². The normalized spacial score (nSPS) is 14.1. The zero-order valence-corrected chi connectivity index (χ0v) is 12.4. The second-order valence-electron chi connectivity index (χ2n) is 5.72. The summed E-state index contributed by atoms with van der Waals surface area (Å²) >= 11 is 0. The van der Waals surface area contributed by atoms with E-state index in [0.717, 1.165) is 48.1 Å². The van der Waals surface area contributed by atoms with Crippen LogP contribution in [0.1, 0.15) is 31.2 Å². The summed E-state index contributed by atoms with van der Waals surface area (Å²) in [6.45, 7) is 2.83. The van der Waals surface area contributed by atoms with Gasteiger partial charge in [-0.2, -0.15) is 0 Å². The third-order valence-electron chi connectivity index (χ3n) is 3.73. The number of aryl methyl sites for hydroxylation is 1. The fourth-order valence-electron chi connectivity index (χ4n) is 2.38. The Balaban J connectivity index is 1.52. The number of benzene rings is 1. The van der Waals surface area contributed by atoms with E-state index in [1.807, 2.05) is 18.2 Å². The number of hydrogen-bond donors (Lipinski definition) is 2. The van der Waals surface area contributed by atoms with Crippen molar-refractivity contribution in [2.24, 2.45) is 0 Å². The van der Waals surface area contributed by atoms with E-state index in [4.69, 9.17) is 0 Å². The molecule has 0 atom stereocenters. The predicted octanol–water partition coefficient (Wildman–Crippen LogP) is 3.01. The molecule has 1 aliphatic rings. The molecule has 1 saturated carbocycles. The molecule has 0 unspecified atom stereocenters. The number of nitrogens with zero attached hydrogens (tertiary/aromatic N) is 1. The van der Waals surface area contributed by atoms with E-state index < -0.39 is 0 Å². The first-order valence-electron chi connectivity index (χ1n) is 7.62. The van der Waals surface area contributed by atoms with Crippen molar-refractivity contribution in [3.05, 3.63) is 35.9 Å². The highest BCUT2D eigenvalue weighted by molar-refractivity contribution is 5.81. The lowest BCUT2D eigenvalue weighted by atomic mass is 10.1. The number of nitrogens with one attached hydrogen (secondary N) is 2. The van der Waals surface area contributed by atoms with E-state index >= 15 is 0 Å². The maximum atomic E-state index is 11.6. The first-order valence-corrected chi connectivity index (χ1v) is 7.62. The Morgan fingerprint density at radius 2 is 2.14 bits per heavy atom. The summed E-state index contributed by atoms with van der Waals surface area (Å²) in [6.07, 6.45) is 3.69. The third-order valence-corrected chi connectivity index (χ3v) is 3.73. The molecule has 2 N–H and O–H groups in total. The molecular weight excluding hydrogens is 262 g/mol. The first-order chi connectivity index (χ1) is 10.2. The van der Waals surface area contributed by atoms with E-state index in [0.29, 0.717) is 12.5 Å². The van der Waals surface area contributed by atoms with E-state index in [1.54, 1.807) is 0 Å². The van der Waals surface area contributed by atoms with E-state index in [2.05, 4.69) is 34.7 Å². The minimum atomic E-state index is 0.169. The topological polar surface area (TPSA) is 54.0 Å². The molecule has 4 heteroatoms. The van der Waals surface area contributed by atoms with Gasteiger partial charge in [0.15, 0.2) is 0 Å². The number of para-hydroxylation sites is 1.